The van der Waals surface area contributed by atoms with Crippen LogP contribution in [0.1, 0.15) is 38.2 Å². The SMILES string of the molecule is CCCC1(C(=O)O)CCN(Cc2cnoc2)CC1. The van der Waals surface area contributed by atoms with Crippen molar-refractivity contribution in [3.8, 4) is 0 Å². The Morgan fingerprint density at radius 2 is 2.28 bits per heavy atom. The molecule has 0 aromatic carbocycles. The summed E-state index contributed by atoms with van der Waals surface area (Å²) in [7, 11) is 0. The van der Waals surface area contributed by atoms with Crippen molar-refractivity contribution >= 4 is 5.97 Å². The number of carbonyl (C=O) groups is 1. The average Bonchev–Trinajstić information content (AvgIpc) is 2.85. The van der Waals surface area contributed by atoms with Crippen LogP contribution in [0.3, 0.4) is 0 Å². The first-order valence-corrected chi connectivity index (χ1v) is 6.50. The number of hydrogen-bond acceptors (Lipinski definition) is 4. The van der Waals surface area contributed by atoms with Crippen LogP contribution >= 0.6 is 0 Å². The van der Waals surface area contributed by atoms with Crippen LogP contribution < -0.4 is 0 Å². The van der Waals surface area contributed by atoms with E-state index in [1.165, 1.54) is 0 Å². The van der Waals surface area contributed by atoms with Crippen LogP contribution in [0.5, 0.6) is 0 Å². The Kier molecular flexibility index (Phi) is 4.01. The standard InChI is InChI=1S/C13H20N2O3/c1-2-3-13(12(16)17)4-6-15(7-5-13)9-11-8-14-18-10-11/h8,10H,2-7,9H2,1H3,(H,16,17). The van der Waals surface area contributed by atoms with E-state index >= 15 is 0 Å². The minimum absolute atomic E-state index is 0.500. The van der Waals surface area contributed by atoms with Crippen molar-refractivity contribution < 1.29 is 14.4 Å². The Bertz CT molecular complexity index is 381. The van der Waals surface area contributed by atoms with E-state index in [-0.39, 0.29) is 0 Å². The lowest BCUT2D eigenvalue weighted by Gasteiger charge is -2.38. The van der Waals surface area contributed by atoms with Crippen LogP contribution in [-0.4, -0.2) is 34.2 Å². The Morgan fingerprint density at radius 3 is 2.78 bits per heavy atom. The molecule has 1 aromatic rings. The summed E-state index contributed by atoms with van der Waals surface area (Å²) in [6.45, 7) is 4.51. The van der Waals surface area contributed by atoms with Crippen molar-refractivity contribution in [1.82, 2.24) is 10.1 Å². The van der Waals surface area contributed by atoms with Crippen LogP contribution in [0.2, 0.25) is 0 Å². The van der Waals surface area contributed by atoms with Crippen LogP contribution in [0, 0.1) is 5.41 Å². The summed E-state index contributed by atoms with van der Waals surface area (Å²) in [4.78, 5) is 13.7. The lowest BCUT2D eigenvalue weighted by molar-refractivity contribution is -0.152. The van der Waals surface area contributed by atoms with Crippen molar-refractivity contribution in [2.75, 3.05) is 13.1 Å². The van der Waals surface area contributed by atoms with E-state index in [2.05, 4.69) is 10.1 Å². The highest BCUT2D eigenvalue weighted by molar-refractivity contribution is 5.74. The highest BCUT2D eigenvalue weighted by Crippen LogP contribution is 2.36. The molecule has 5 nitrogen and oxygen atoms in total. The summed E-state index contributed by atoms with van der Waals surface area (Å²) in [5.41, 5.74) is 0.549. The zero-order valence-corrected chi connectivity index (χ0v) is 10.8. The van der Waals surface area contributed by atoms with E-state index < -0.39 is 11.4 Å². The molecular formula is C13H20N2O3. The largest absolute Gasteiger partial charge is 0.481 e. The van der Waals surface area contributed by atoms with Gasteiger partial charge in [0.15, 0.2) is 0 Å². The van der Waals surface area contributed by atoms with Crippen LogP contribution in [0.15, 0.2) is 17.0 Å². The first kappa shape index (κ1) is 13.1. The highest BCUT2D eigenvalue weighted by Gasteiger charge is 2.40. The zero-order valence-electron chi connectivity index (χ0n) is 10.8. The summed E-state index contributed by atoms with van der Waals surface area (Å²) in [6, 6.07) is 0. The number of aliphatic carboxylic acids is 1. The normalized spacial score (nSPS) is 19.8. The van der Waals surface area contributed by atoms with E-state index in [0.29, 0.717) is 0 Å². The molecule has 1 aliphatic heterocycles. The molecule has 0 unspecified atom stereocenters. The van der Waals surface area contributed by atoms with Gasteiger partial charge < -0.3 is 9.63 Å². The lowest BCUT2D eigenvalue weighted by atomic mass is 9.75. The fourth-order valence-corrected chi connectivity index (χ4v) is 2.75. The summed E-state index contributed by atoms with van der Waals surface area (Å²) in [5.74, 6) is -0.631. The van der Waals surface area contributed by atoms with Crippen LogP contribution in [0.4, 0.5) is 0 Å². The topological polar surface area (TPSA) is 66.6 Å². The van der Waals surface area contributed by atoms with Gasteiger partial charge >= 0.3 is 5.97 Å². The first-order valence-electron chi connectivity index (χ1n) is 6.50. The molecule has 0 bridgehead atoms. The number of carboxylic acid groups (broad SMARTS) is 1. The fraction of sp³-hybridized carbons (Fsp3) is 0.692. The summed E-state index contributed by atoms with van der Waals surface area (Å²) < 4.78 is 4.80. The third-order valence-electron chi connectivity index (χ3n) is 3.89. The Labute approximate surface area is 107 Å². The smallest absolute Gasteiger partial charge is 0.309 e. The van der Waals surface area contributed by atoms with Gasteiger partial charge in [-0.15, -0.1) is 0 Å². The molecule has 1 N–H and O–H groups in total. The molecule has 0 spiro atoms. The maximum atomic E-state index is 11.4. The zero-order chi connectivity index (χ0) is 13.0. The van der Waals surface area contributed by atoms with Crippen molar-refractivity contribution in [1.29, 1.82) is 0 Å². The van der Waals surface area contributed by atoms with Gasteiger partial charge in [-0.2, -0.15) is 0 Å². The Morgan fingerprint density at radius 1 is 1.56 bits per heavy atom. The van der Waals surface area contributed by atoms with E-state index in [1.807, 2.05) is 6.92 Å². The summed E-state index contributed by atoms with van der Waals surface area (Å²) in [5, 5.41) is 13.1. The molecule has 5 heteroatoms. The molecule has 0 atom stereocenters. The number of carboxylic acids is 1. The van der Waals surface area contributed by atoms with Crippen molar-refractivity contribution in [2.45, 2.75) is 39.2 Å². The maximum Gasteiger partial charge on any atom is 0.309 e. The van der Waals surface area contributed by atoms with Gasteiger partial charge in [-0.25, -0.2) is 0 Å². The molecule has 0 saturated carbocycles. The second-order valence-electron chi connectivity index (χ2n) is 5.14. The first-order chi connectivity index (χ1) is 8.66. The van der Waals surface area contributed by atoms with Gasteiger partial charge in [-0.05, 0) is 32.4 Å². The average molecular weight is 252 g/mol. The minimum Gasteiger partial charge on any atom is -0.481 e. The van der Waals surface area contributed by atoms with E-state index in [0.717, 1.165) is 50.9 Å². The number of rotatable bonds is 5. The van der Waals surface area contributed by atoms with Crippen molar-refractivity contribution in [3.05, 3.63) is 18.0 Å². The maximum absolute atomic E-state index is 11.4. The number of piperidine rings is 1. The monoisotopic (exact) mass is 252 g/mol. The summed E-state index contributed by atoms with van der Waals surface area (Å²) in [6.07, 6.45) is 6.54. The molecule has 18 heavy (non-hydrogen) atoms. The molecule has 0 amide bonds. The molecular weight excluding hydrogens is 232 g/mol. The molecule has 1 fully saturated rings. The molecule has 1 saturated heterocycles. The van der Waals surface area contributed by atoms with Gasteiger partial charge in [0.2, 0.25) is 0 Å². The van der Waals surface area contributed by atoms with E-state index in [9.17, 15) is 9.90 Å². The quantitative estimate of drug-likeness (QED) is 0.869. The van der Waals surface area contributed by atoms with Crippen LogP contribution in [0.25, 0.3) is 0 Å². The third kappa shape index (κ3) is 2.72. The molecule has 1 aromatic heterocycles. The molecule has 2 rings (SSSR count). The van der Waals surface area contributed by atoms with Gasteiger partial charge in [-0.3, -0.25) is 9.69 Å². The predicted molar refractivity (Wildman–Crippen MR) is 66.0 cm³/mol. The number of aromatic nitrogens is 1. The molecule has 100 valence electrons. The van der Waals surface area contributed by atoms with Gasteiger partial charge in [0.05, 0.1) is 11.6 Å². The second kappa shape index (κ2) is 5.52. The van der Waals surface area contributed by atoms with Gasteiger partial charge in [0.1, 0.15) is 6.26 Å². The molecule has 1 aliphatic rings. The molecule has 0 radical (unpaired) electrons. The van der Waals surface area contributed by atoms with E-state index in [4.69, 9.17) is 4.52 Å². The third-order valence-corrected chi connectivity index (χ3v) is 3.89. The molecule has 2 heterocycles. The van der Waals surface area contributed by atoms with Crippen molar-refractivity contribution in [2.24, 2.45) is 5.41 Å². The Balaban J connectivity index is 1.91. The highest BCUT2D eigenvalue weighted by atomic mass is 16.5. The van der Waals surface area contributed by atoms with Crippen molar-refractivity contribution in [3.63, 3.8) is 0 Å². The fourth-order valence-electron chi connectivity index (χ4n) is 2.75. The van der Waals surface area contributed by atoms with Gasteiger partial charge in [0.25, 0.3) is 0 Å². The Hall–Kier alpha value is -1.36. The number of likely N-dealkylation sites (tertiary alicyclic amines) is 1. The predicted octanol–water partition coefficient (Wildman–Crippen LogP) is 2.14. The lowest BCUT2D eigenvalue weighted by Crippen LogP contribution is -2.44. The summed E-state index contributed by atoms with van der Waals surface area (Å²) >= 11 is 0. The number of nitrogens with zero attached hydrogens (tertiary/aromatic N) is 2. The number of hydrogen-bond donors (Lipinski definition) is 1. The molecule has 0 aliphatic carbocycles. The van der Waals surface area contributed by atoms with Gasteiger partial charge in [0, 0.05) is 12.1 Å². The second-order valence-corrected chi connectivity index (χ2v) is 5.14. The minimum atomic E-state index is -0.631. The van der Waals surface area contributed by atoms with Crippen LogP contribution in [-0.2, 0) is 11.3 Å². The van der Waals surface area contributed by atoms with E-state index in [1.54, 1.807) is 12.5 Å². The van der Waals surface area contributed by atoms with Gasteiger partial charge in [-0.1, -0.05) is 18.5 Å².